The molecule has 0 bridgehead atoms. The van der Waals surface area contributed by atoms with E-state index >= 15 is 0 Å². The van der Waals surface area contributed by atoms with Gasteiger partial charge in [0.05, 0.1) is 0 Å². The molecule has 0 spiro atoms. The number of nitrogens with zero attached hydrogens (tertiary/aromatic N) is 3. The number of hydrogen-bond donors (Lipinski definition) is 0. The van der Waals surface area contributed by atoms with Crippen molar-refractivity contribution in [1.29, 1.82) is 0 Å². The Morgan fingerprint density at radius 2 is 2.09 bits per heavy atom. The Morgan fingerprint density at radius 3 is 2.27 bits per heavy atom. The lowest BCUT2D eigenvalue weighted by molar-refractivity contribution is 0.346. The van der Waals surface area contributed by atoms with Crippen LogP contribution in [0.3, 0.4) is 0 Å². The zero-order valence-corrected chi connectivity index (χ0v) is 6.71. The molecule has 0 aliphatic carbocycles. The predicted octanol–water partition coefficient (Wildman–Crippen LogP) is 0.149. The number of aryl methyl sites for hydroxylation is 1. The van der Waals surface area contributed by atoms with Crippen molar-refractivity contribution in [2.75, 3.05) is 0 Å². The van der Waals surface area contributed by atoms with Crippen molar-refractivity contribution in [3.63, 3.8) is 0 Å². The first-order chi connectivity index (χ1) is 5.04. The van der Waals surface area contributed by atoms with E-state index in [1.807, 2.05) is 0 Å². The highest BCUT2D eigenvalue weighted by atomic mass is 19.1. The molecular formula is C6H10FN3O. The fourth-order valence-corrected chi connectivity index (χ4v) is 0.925. The highest BCUT2D eigenvalue weighted by molar-refractivity contribution is 4.89. The second kappa shape index (κ2) is 2.48. The Hall–Kier alpha value is -1.13. The minimum absolute atomic E-state index is 0.164. The van der Waals surface area contributed by atoms with Crippen LogP contribution in [-0.2, 0) is 14.1 Å². The van der Waals surface area contributed by atoms with E-state index in [0.29, 0.717) is 0 Å². The summed E-state index contributed by atoms with van der Waals surface area (Å²) in [6.07, 6.45) is -1.20. The van der Waals surface area contributed by atoms with Gasteiger partial charge in [-0.15, -0.1) is 0 Å². The lowest BCUT2D eigenvalue weighted by Crippen LogP contribution is -2.20. The van der Waals surface area contributed by atoms with Crippen LogP contribution in [0.25, 0.3) is 0 Å². The molecule has 11 heavy (non-hydrogen) atoms. The van der Waals surface area contributed by atoms with Crippen LogP contribution in [0.5, 0.6) is 0 Å². The molecule has 4 nitrogen and oxygen atoms in total. The molecule has 0 saturated heterocycles. The van der Waals surface area contributed by atoms with Gasteiger partial charge in [-0.2, -0.15) is 5.10 Å². The summed E-state index contributed by atoms with van der Waals surface area (Å²) in [5.41, 5.74) is -0.301. The van der Waals surface area contributed by atoms with Crippen LogP contribution in [0.1, 0.15) is 18.9 Å². The van der Waals surface area contributed by atoms with Gasteiger partial charge in [-0.1, -0.05) is 0 Å². The van der Waals surface area contributed by atoms with Gasteiger partial charge in [0.1, 0.15) is 0 Å². The van der Waals surface area contributed by atoms with E-state index in [9.17, 15) is 9.18 Å². The summed E-state index contributed by atoms with van der Waals surface area (Å²) in [5.74, 6) is 0.164. The van der Waals surface area contributed by atoms with Crippen molar-refractivity contribution in [2.24, 2.45) is 14.1 Å². The summed E-state index contributed by atoms with van der Waals surface area (Å²) >= 11 is 0. The summed E-state index contributed by atoms with van der Waals surface area (Å²) in [6.45, 7) is 1.35. The highest BCUT2D eigenvalue weighted by Crippen LogP contribution is 2.09. The largest absolute Gasteiger partial charge is 0.345 e. The van der Waals surface area contributed by atoms with E-state index in [-0.39, 0.29) is 11.5 Å². The standard InChI is InChI=1S/C6H10FN3O/c1-4(7)5-8-10(3)6(11)9(5)2/h4H,1-3H3. The minimum atomic E-state index is -1.20. The van der Waals surface area contributed by atoms with E-state index in [1.165, 1.54) is 25.6 Å². The molecule has 0 aliphatic rings. The second-order valence-corrected chi connectivity index (χ2v) is 2.44. The Balaban J connectivity index is 3.30. The molecule has 1 heterocycles. The van der Waals surface area contributed by atoms with Crippen molar-refractivity contribution >= 4 is 0 Å². The Kier molecular flexibility index (Phi) is 1.80. The van der Waals surface area contributed by atoms with E-state index < -0.39 is 6.17 Å². The first kappa shape index (κ1) is 7.97. The second-order valence-electron chi connectivity index (χ2n) is 2.44. The summed E-state index contributed by atoms with van der Waals surface area (Å²) in [7, 11) is 3.00. The summed E-state index contributed by atoms with van der Waals surface area (Å²) < 4.78 is 15.0. The number of halogens is 1. The van der Waals surface area contributed by atoms with Gasteiger partial charge in [0.2, 0.25) is 0 Å². The molecule has 0 aliphatic heterocycles. The molecule has 0 N–H and O–H groups in total. The van der Waals surface area contributed by atoms with E-state index in [0.717, 1.165) is 4.68 Å². The fraction of sp³-hybridized carbons (Fsp3) is 0.667. The van der Waals surface area contributed by atoms with Gasteiger partial charge in [-0.05, 0) is 6.92 Å². The average Bonchev–Trinajstić information content (AvgIpc) is 2.17. The maximum atomic E-state index is 12.7. The number of alkyl halides is 1. The van der Waals surface area contributed by atoms with Crippen LogP contribution in [0.4, 0.5) is 4.39 Å². The van der Waals surface area contributed by atoms with Gasteiger partial charge in [-0.3, -0.25) is 4.57 Å². The van der Waals surface area contributed by atoms with Gasteiger partial charge in [0.25, 0.3) is 0 Å². The molecule has 62 valence electrons. The van der Waals surface area contributed by atoms with Gasteiger partial charge >= 0.3 is 5.69 Å². The zero-order valence-electron chi connectivity index (χ0n) is 6.71. The van der Waals surface area contributed by atoms with Gasteiger partial charge in [0.15, 0.2) is 12.0 Å². The molecular weight excluding hydrogens is 149 g/mol. The van der Waals surface area contributed by atoms with Crippen LogP contribution in [0.15, 0.2) is 4.79 Å². The molecule has 1 unspecified atom stereocenters. The average molecular weight is 159 g/mol. The number of hydrogen-bond acceptors (Lipinski definition) is 2. The van der Waals surface area contributed by atoms with Crippen molar-refractivity contribution in [1.82, 2.24) is 14.3 Å². The quantitative estimate of drug-likeness (QED) is 0.585. The molecule has 0 radical (unpaired) electrons. The molecule has 1 rings (SSSR count). The SMILES string of the molecule is CC(F)c1nn(C)c(=O)n1C. The van der Waals surface area contributed by atoms with Crippen molar-refractivity contribution in [3.8, 4) is 0 Å². The summed E-state index contributed by atoms with van der Waals surface area (Å²) in [5, 5.41) is 3.70. The molecule has 0 saturated carbocycles. The van der Waals surface area contributed by atoms with Crippen LogP contribution >= 0.6 is 0 Å². The normalized spacial score (nSPS) is 13.5. The summed E-state index contributed by atoms with van der Waals surface area (Å²) in [6, 6.07) is 0. The highest BCUT2D eigenvalue weighted by Gasteiger charge is 2.12. The van der Waals surface area contributed by atoms with E-state index in [4.69, 9.17) is 0 Å². The van der Waals surface area contributed by atoms with E-state index in [1.54, 1.807) is 0 Å². The third kappa shape index (κ3) is 1.18. The lowest BCUT2D eigenvalue weighted by atomic mass is 10.4. The third-order valence-corrected chi connectivity index (χ3v) is 1.52. The van der Waals surface area contributed by atoms with Crippen LogP contribution in [0.2, 0.25) is 0 Å². The monoisotopic (exact) mass is 159 g/mol. The molecule has 0 amide bonds. The smallest absolute Gasteiger partial charge is 0.280 e. The molecule has 1 aromatic heterocycles. The number of rotatable bonds is 1. The zero-order chi connectivity index (χ0) is 8.59. The van der Waals surface area contributed by atoms with Crippen molar-refractivity contribution in [3.05, 3.63) is 16.3 Å². The minimum Gasteiger partial charge on any atom is -0.280 e. The Morgan fingerprint density at radius 1 is 1.55 bits per heavy atom. The van der Waals surface area contributed by atoms with E-state index in [2.05, 4.69) is 5.10 Å². The first-order valence-corrected chi connectivity index (χ1v) is 3.28. The Bertz CT molecular complexity index is 312. The molecule has 5 heteroatoms. The number of aromatic nitrogens is 3. The van der Waals surface area contributed by atoms with Gasteiger partial charge < -0.3 is 0 Å². The fourth-order valence-electron chi connectivity index (χ4n) is 0.925. The third-order valence-electron chi connectivity index (χ3n) is 1.52. The molecule has 1 atom stereocenters. The maximum Gasteiger partial charge on any atom is 0.345 e. The maximum absolute atomic E-state index is 12.7. The Labute approximate surface area is 63.3 Å². The van der Waals surface area contributed by atoms with Crippen molar-refractivity contribution < 1.29 is 4.39 Å². The van der Waals surface area contributed by atoms with Crippen LogP contribution < -0.4 is 5.69 Å². The van der Waals surface area contributed by atoms with Gasteiger partial charge in [0, 0.05) is 14.1 Å². The molecule has 1 aromatic rings. The first-order valence-electron chi connectivity index (χ1n) is 3.28. The van der Waals surface area contributed by atoms with Crippen LogP contribution in [-0.4, -0.2) is 14.3 Å². The van der Waals surface area contributed by atoms with Crippen molar-refractivity contribution in [2.45, 2.75) is 13.1 Å². The topological polar surface area (TPSA) is 39.8 Å². The lowest BCUT2D eigenvalue weighted by Gasteiger charge is -1.96. The summed E-state index contributed by atoms with van der Waals surface area (Å²) in [4.78, 5) is 11.0. The predicted molar refractivity (Wildman–Crippen MR) is 38.0 cm³/mol. The van der Waals surface area contributed by atoms with Gasteiger partial charge in [-0.25, -0.2) is 13.9 Å². The molecule has 0 aromatic carbocycles. The molecule has 0 fully saturated rings. The van der Waals surface area contributed by atoms with Crippen LogP contribution in [0, 0.1) is 0 Å².